The predicted octanol–water partition coefficient (Wildman–Crippen LogP) is 1.98. The van der Waals surface area contributed by atoms with Gasteiger partial charge in [-0.25, -0.2) is 9.97 Å². The van der Waals surface area contributed by atoms with Crippen molar-refractivity contribution in [1.29, 1.82) is 0 Å². The molecule has 2 N–H and O–H groups in total. The summed E-state index contributed by atoms with van der Waals surface area (Å²) in [5.41, 5.74) is 2.02. The molecule has 0 bridgehead atoms. The Morgan fingerprint density at radius 3 is 2.77 bits per heavy atom. The largest absolute Gasteiger partial charge is 0.395 e. The van der Waals surface area contributed by atoms with Crippen molar-refractivity contribution in [3.8, 4) is 0 Å². The van der Waals surface area contributed by atoms with E-state index in [9.17, 15) is 5.11 Å². The molecule has 5 nitrogen and oxygen atoms in total. The highest BCUT2D eigenvalue weighted by Crippen LogP contribution is 2.16. The SMILES string of the molecule is CSCCC(CO)NCc1cc(C)nc(N2CCCCC2)n1. The minimum Gasteiger partial charge on any atom is -0.395 e. The Hall–Kier alpha value is -0.850. The second-order valence-electron chi connectivity index (χ2n) is 5.89. The number of nitrogens with zero attached hydrogens (tertiary/aromatic N) is 3. The summed E-state index contributed by atoms with van der Waals surface area (Å²) in [5, 5.41) is 12.8. The summed E-state index contributed by atoms with van der Waals surface area (Å²) < 4.78 is 0. The first-order valence-electron chi connectivity index (χ1n) is 8.15. The lowest BCUT2D eigenvalue weighted by atomic mass is 10.1. The quantitative estimate of drug-likeness (QED) is 0.762. The molecule has 0 aliphatic carbocycles. The number of hydrogen-bond donors (Lipinski definition) is 2. The average Bonchev–Trinajstić information content (AvgIpc) is 2.55. The van der Waals surface area contributed by atoms with Gasteiger partial charge < -0.3 is 15.3 Å². The van der Waals surface area contributed by atoms with E-state index in [2.05, 4.69) is 21.5 Å². The Bertz CT molecular complexity index is 452. The zero-order valence-electron chi connectivity index (χ0n) is 13.7. The summed E-state index contributed by atoms with van der Waals surface area (Å²) in [6.45, 7) is 5.00. The predicted molar refractivity (Wildman–Crippen MR) is 93.5 cm³/mol. The van der Waals surface area contributed by atoms with Crippen LogP contribution in [0.1, 0.15) is 37.1 Å². The van der Waals surface area contributed by atoms with Gasteiger partial charge in [0, 0.05) is 31.4 Å². The fourth-order valence-electron chi connectivity index (χ4n) is 2.71. The molecular formula is C16H28N4OS. The smallest absolute Gasteiger partial charge is 0.225 e. The first-order chi connectivity index (χ1) is 10.7. The van der Waals surface area contributed by atoms with Crippen molar-refractivity contribution in [1.82, 2.24) is 15.3 Å². The number of hydrogen-bond acceptors (Lipinski definition) is 6. The molecular weight excluding hydrogens is 296 g/mol. The second kappa shape index (κ2) is 9.33. The zero-order valence-corrected chi connectivity index (χ0v) is 14.5. The van der Waals surface area contributed by atoms with Gasteiger partial charge in [0.15, 0.2) is 0 Å². The van der Waals surface area contributed by atoms with Gasteiger partial charge in [0.05, 0.1) is 12.3 Å². The molecule has 1 aromatic heterocycles. The van der Waals surface area contributed by atoms with Gasteiger partial charge in [-0.2, -0.15) is 11.8 Å². The number of aryl methyl sites for hydroxylation is 1. The first kappa shape index (κ1) is 17.5. The number of thioether (sulfide) groups is 1. The summed E-state index contributed by atoms with van der Waals surface area (Å²) in [7, 11) is 0. The molecule has 1 atom stereocenters. The highest BCUT2D eigenvalue weighted by atomic mass is 32.2. The molecule has 0 saturated carbocycles. The van der Waals surface area contributed by atoms with E-state index in [1.807, 2.05) is 24.8 Å². The Kier molecular flexibility index (Phi) is 7.42. The van der Waals surface area contributed by atoms with E-state index < -0.39 is 0 Å². The number of nitrogens with one attached hydrogen (secondary N) is 1. The molecule has 1 saturated heterocycles. The van der Waals surface area contributed by atoms with Gasteiger partial charge in [-0.1, -0.05) is 0 Å². The van der Waals surface area contributed by atoms with Crippen molar-refractivity contribution in [3.05, 3.63) is 17.5 Å². The third kappa shape index (κ3) is 5.41. The molecule has 0 spiro atoms. The molecule has 2 rings (SSSR count). The van der Waals surface area contributed by atoms with E-state index in [0.29, 0.717) is 6.54 Å². The molecule has 22 heavy (non-hydrogen) atoms. The number of aliphatic hydroxyl groups is 1. The lowest BCUT2D eigenvalue weighted by molar-refractivity contribution is 0.238. The van der Waals surface area contributed by atoms with Crippen molar-refractivity contribution in [2.45, 2.75) is 45.2 Å². The van der Waals surface area contributed by atoms with Crippen LogP contribution in [0.2, 0.25) is 0 Å². The van der Waals surface area contributed by atoms with Crippen LogP contribution in [0, 0.1) is 6.92 Å². The lowest BCUT2D eigenvalue weighted by Gasteiger charge is -2.27. The van der Waals surface area contributed by atoms with Crippen molar-refractivity contribution >= 4 is 17.7 Å². The number of aliphatic hydroxyl groups excluding tert-OH is 1. The minimum absolute atomic E-state index is 0.140. The molecule has 1 fully saturated rings. The third-order valence-corrected chi connectivity index (χ3v) is 4.64. The summed E-state index contributed by atoms with van der Waals surface area (Å²) in [5.74, 6) is 1.92. The second-order valence-corrected chi connectivity index (χ2v) is 6.88. The van der Waals surface area contributed by atoms with Crippen LogP contribution in [0.4, 0.5) is 5.95 Å². The Balaban J connectivity index is 1.96. The summed E-state index contributed by atoms with van der Waals surface area (Å²) >= 11 is 1.81. The van der Waals surface area contributed by atoms with Crippen LogP contribution in [0.5, 0.6) is 0 Å². The van der Waals surface area contributed by atoms with E-state index in [0.717, 1.165) is 42.6 Å². The molecule has 6 heteroatoms. The number of aromatic nitrogens is 2. The minimum atomic E-state index is 0.140. The van der Waals surface area contributed by atoms with Gasteiger partial charge in [-0.3, -0.25) is 0 Å². The highest BCUT2D eigenvalue weighted by Gasteiger charge is 2.15. The van der Waals surface area contributed by atoms with E-state index in [4.69, 9.17) is 4.98 Å². The van der Waals surface area contributed by atoms with Crippen LogP contribution in [0.25, 0.3) is 0 Å². The van der Waals surface area contributed by atoms with Gasteiger partial charge in [0.2, 0.25) is 5.95 Å². The molecule has 1 aromatic rings. The number of piperidine rings is 1. The van der Waals surface area contributed by atoms with E-state index in [-0.39, 0.29) is 12.6 Å². The first-order valence-corrected chi connectivity index (χ1v) is 9.55. The fourth-order valence-corrected chi connectivity index (χ4v) is 3.23. The standard InChI is InChI=1S/C16H28N4OS/c1-13-10-15(11-17-14(12-21)6-9-22-2)19-16(18-13)20-7-4-3-5-8-20/h10,14,17,21H,3-9,11-12H2,1-2H3. The molecule has 0 aromatic carbocycles. The summed E-state index contributed by atoms with van der Waals surface area (Å²) in [4.78, 5) is 11.6. The van der Waals surface area contributed by atoms with Crippen LogP contribution in [0.15, 0.2) is 6.07 Å². The molecule has 2 heterocycles. The maximum absolute atomic E-state index is 9.43. The van der Waals surface area contributed by atoms with Gasteiger partial charge >= 0.3 is 0 Å². The zero-order chi connectivity index (χ0) is 15.8. The topological polar surface area (TPSA) is 61.3 Å². The maximum Gasteiger partial charge on any atom is 0.225 e. The van der Waals surface area contributed by atoms with Gasteiger partial charge in [-0.15, -0.1) is 0 Å². The monoisotopic (exact) mass is 324 g/mol. The third-order valence-electron chi connectivity index (χ3n) is 4.00. The Labute approximate surface area is 137 Å². The van der Waals surface area contributed by atoms with Crippen LogP contribution in [0.3, 0.4) is 0 Å². The van der Waals surface area contributed by atoms with Crippen molar-refractivity contribution in [2.24, 2.45) is 0 Å². The van der Waals surface area contributed by atoms with Crippen molar-refractivity contribution in [3.63, 3.8) is 0 Å². The van der Waals surface area contributed by atoms with Gasteiger partial charge in [-0.05, 0) is 50.7 Å². The molecule has 124 valence electrons. The van der Waals surface area contributed by atoms with Crippen molar-refractivity contribution in [2.75, 3.05) is 36.6 Å². The lowest BCUT2D eigenvalue weighted by Crippen LogP contribution is -2.34. The molecule has 1 aliphatic rings. The molecule has 0 radical (unpaired) electrons. The summed E-state index contributed by atoms with van der Waals surface area (Å²) in [6, 6.07) is 2.17. The van der Waals surface area contributed by atoms with E-state index >= 15 is 0 Å². The van der Waals surface area contributed by atoms with E-state index in [1.54, 1.807) is 0 Å². The maximum atomic E-state index is 9.43. The number of anilines is 1. The van der Waals surface area contributed by atoms with E-state index in [1.165, 1.54) is 19.3 Å². The number of rotatable bonds is 8. The van der Waals surface area contributed by atoms with Crippen molar-refractivity contribution < 1.29 is 5.11 Å². The van der Waals surface area contributed by atoms with Crippen LogP contribution in [-0.2, 0) is 6.54 Å². The van der Waals surface area contributed by atoms with Crippen LogP contribution < -0.4 is 10.2 Å². The molecule has 0 amide bonds. The molecule has 1 aliphatic heterocycles. The van der Waals surface area contributed by atoms with Crippen LogP contribution >= 0.6 is 11.8 Å². The average molecular weight is 324 g/mol. The summed E-state index contributed by atoms with van der Waals surface area (Å²) in [6.07, 6.45) is 6.83. The van der Waals surface area contributed by atoms with Gasteiger partial charge in [0.25, 0.3) is 0 Å². The fraction of sp³-hybridized carbons (Fsp3) is 0.750. The normalized spacial score (nSPS) is 16.8. The Morgan fingerprint density at radius 2 is 2.09 bits per heavy atom. The van der Waals surface area contributed by atoms with Gasteiger partial charge in [0.1, 0.15) is 0 Å². The molecule has 1 unspecified atom stereocenters. The highest BCUT2D eigenvalue weighted by molar-refractivity contribution is 7.98. The van der Waals surface area contributed by atoms with Crippen LogP contribution in [-0.4, -0.2) is 52.8 Å². The Morgan fingerprint density at radius 1 is 1.32 bits per heavy atom.